The number of carbonyl (C=O) groups excluding carboxylic acids is 1. The quantitative estimate of drug-likeness (QED) is 0.626. The molecule has 0 N–H and O–H groups in total. The van der Waals surface area contributed by atoms with E-state index in [0.29, 0.717) is 11.1 Å². The molecule has 24 heavy (non-hydrogen) atoms. The summed E-state index contributed by atoms with van der Waals surface area (Å²) in [4.78, 5) is 26.5. The van der Waals surface area contributed by atoms with Crippen molar-refractivity contribution in [3.63, 3.8) is 0 Å². The van der Waals surface area contributed by atoms with E-state index in [-0.39, 0.29) is 6.42 Å². The van der Waals surface area contributed by atoms with E-state index < -0.39 is 11.6 Å². The molecule has 0 saturated heterocycles. The lowest BCUT2D eigenvalue weighted by Gasteiger charge is -2.37. The van der Waals surface area contributed by atoms with Gasteiger partial charge in [0.25, 0.3) is 0 Å². The molecule has 0 atom stereocenters. The zero-order valence-electron chi connectivity index (χ0n) is 14.1. The number of hydrogen-bond acceptors (Lipinski definition) is 5. The molecule has 5 nitrogen and oxygen atoms in total. The maximum absolute atomic E-state index is 12.5. The molecule has 0 aliphatic carbocycles. The first kappa shape index (κ1) is 15.2. The normalized spacial score (nSPS) is 16.2. The van der Waals surface area contributed by atoms with Gasteiger partial charge in [-0.25, -0.2) is 4.79 Å². The van der Waals surface area contributed by atoms with Gasteiger partial charge in [0.15, 0.2) is 0 Å². The molecule has 0 spiro atoms. The van der Waals surface area contributed by atoms with Crippen LogP contribution in [0.5, 0.6) is 0 Å². The van der Waals surface area contributed by atoms with E-state index in [9.17, 15) is 9.59 Å². The number of ether oxygens (including phenoxy) is 1. The van der Waals surface area contributed by atoms with Crippen LogP contribution >= 0.6 is 0 Å². The fourth-order valence-corrected chi connectivity index (χ4v) is 4.12. The first-order valence-electron chi connectivity index (χ1n) is 8.53. The van der Waals surface area contributed by atoms with Crippen molar-refractivity contribution in [1.29, 1.82) is 0 Å². The number of hydrogen-bond donors (Lipinski definition) is 0. The molecular weight excluding hydrogens is 306 g/mol. The Hall–Kier alpha value is -2.30. The number of esters is 1. The van der Waals surface area contributed by atoms with E-state index in [1.165, 1.54) is 23.9 Å². The summed E-state index contributed by atoms with van der Waals surface area (Å²) in [7, 11) is 1.33. The van der Waals surface area contributed by atoms with Crippen LogP contribution in [0.3, 0.4) is 0 Å². The Balaban J connectivity index is 1.99. The minimum absolute atomic E-state index is 0.0425. The highest BCUT2D eigenvalue weighted by atomic mass is 16.5. The van der Waals surface area contributed by atoms with Gasteiger partial charge in [0, 0.05) is 29.7 Å². The van der Waals surface area contributed by atoms with Crippen molar-refractivity contribution in [2.24, 2.45) is 0 Å². The molecular formula is C19H21NO4. The van der Waals surface area contributed by atoms with Crippen molar-refractivity contribution in [2.75, 3.05) is 25.1 Å². The smallest absolute Gasteiger partial charge is 0.340 e. The van der Waals surface area contributed by atoms with Gasteiger partial charge < -0.3 is 14.1 Å². The van der Waals surface area contributed by atoms with E-state index in [1.807, 2.05) is 6.92 Å². The van der Waals surface area contributed by atoms with Crippen LogP contribution in [0.1, 0.15) is 35.1 Å². The Labute approximate surface area is 140 Å². The van der Waals surface area contributed by atoms with Crippen LogP contribution < -0.4 is 10.5 Å². The topological polar surface area (TPSA) is 59.8 Å². The molecule has 4 rings (SSSR count). The van der Waals surface area contributed by atoms with Crippen LogP contribution in [0.4, 0.5) is 5.69 Å². The second-order valence-electron chi connectivity index (χ2n) is 6.68. The number of rotatable bonds is 2. The van der Waals surface area contributed by atoms with Gasteiger partial charge in [0.05, 0.1) is 19.1 Å². The molecule has 1 aromatic heterocycles. The molecule has 0 saturated carbocycles. The van der Waals surface area contributed by atoms with Gasteiger partial charge in [-0.15, -0.1) is 0 Å². The summed E-state index contributed by atoms with van der Waals surface area (Å²) >= 11 is 0. The Kier molecular flexibility index (Phi) is 3.59. The van der Waals surface area contributed by atoms with Crippen molar-refractivity contribution in [3.05, 3.63) is 38.7 Å². The highest BCUT2D eigenvalue weighted by molar-refractivity contribution is 5.91. The van der Waals surface area contributed by atoms with Crippen LogP contribution in [0.15, 0.2) is 15.3 Å². The summed E-state index contributed by atoms with van der Waals surface area (Å²) in [6.07, 6.45) is 4.19. The number of aryl methyl sites for hydroxylation is 3. The average molecular weight is 327 g/mol. The van der Waals surface area contributed by atoms with Gasteiger partial charge in [0.1, 0.15) is 5.58 Å². The molecule has 126 valence electrons. The Bertz CT molecular complexity index is 895. The predicted molar refractivity (Wildman–Crippen MR) is 91.8 cm³/mol. The summed E-state index contributed by atoms with van der Waals surface area (Å²) in [5.74, 6) is -0.421. The maximum Gasteiger partial charge on any atom is 0.340 e. The standard InChI is InChI=1S/C19H21NO4/c1-11-14-9-12-5-3-7-20-8-4-6-13(17(12)20)18(14)24-19(22)15(11)10-16(21)23-2/h9H,3-8,10H2,1-2H3. The lowest BCUT2D eigenvalue weighted by Crippen LogP contribution is -2.34. The number of nitrogens with zero attached hydrogens (tertiary/aromatic N) is 1. The summed E-state index contributed by atoms with van der Waals surface area (Å²) in [5, 5.41) is 0.964. The van der Waals surface area contributed by atoms with Gasteiger partial charge >= 0.3 is 11.6 Å². The van der Waals surface area contributed by atoms with Crippen molar-refractivity contribution in [1.82, 2.24) is 0 Å². The summed E-state index contributed by atoms with van der Waals surface area (Å²) in [6.45, 7) is 4.06. The molecule has 1 aromatic carbocycles. The first-order chi connectivity index (χ1) is 11.6. The van der Waals surface area contributed by atoms with Crippen LogP contribution in [0.2, 0.25) is 0 Å². The summed E-state index contributed by atoms with van der Waals surface area (Å²) in [6, 6.07) is 2.16. The molecule has 2 aliphatic rings. The molecule has 0 fully saturated rings. The molecule has 0 unspecified atom stereocenters. The molecule has 0 amide bonds. The van der Waals surface area contributed by atoms with Crippen LogP contribution in [0, 0.1) is 6.92 Å². The minimum atomic E-state index is -0.422. The third kappa shape index (κ3) is 2.22. The number of carbonyl (C=O) groups is 1. The van der Waals surface area contributed by atoms with Crippen molar-refractivity contribution in [2.45, 2.75) is 39.0 Å². The third-order valence-corrected chi connectivity index (χ3v) is 5.32. The average Bonchev–Trinajstić information content (AvgIpc) is 2.60. The zero-order valence-corrected chi connectivity index (χ0v) is 14.1. The number of benzene rings is 1. The Morgan fingerprint density at radius 3 is 2.79 bits per heavy atom. The maximum atomic E-state index is 12.5. The fourth-order valence-electron chi connectivity index (χ4n) is 4.12. The Morgan fingerprint density at radius 2 is 2.04 bits per heavy atom. The predicted octanol–water partition coefficient (Wildman–Crippen LogP) is 2.52. The molecule has 2 aliphatic heterocycles. The summed E-state index contributed by atoms with van der Waals surface area (Å²) < 4.78 is 10.4. The SMILES string of the molecule is COC(=O)Cc1c(C)c2cc3c4c(c2oc1=O)CCCN4CCC3. The monoisotopic (exact) mass is 327 g/mol. The first-order valence-corrected chi connectivity index (χ1v) is 8.53. The van der Waals surface area contributed by atoms with Crippen molar-refractivity contribution in [3.8, 4) is 0 Å². The molecule has 5 heteroatoms. The number of anilines is 1. The summed E-state index contributed by atoms with van der Waals surface area (Å²) in [5.41, 5.74) is 5.32. The van der Waals surface area contributed by atoms with E-state index in [0.717, 1.165) is 49.7 Å². The van der Waals surface area contributed by atoms with Crippen molar-refractivity contribution < 1.29 is 13.9 Å². The van der Waals surface area contributed by atoms with Gasteiger partial charge in [-0.05, 0) is 49.8 Å². The lowest BCUT2D eigenvalue weighted by atomic mass is 9.88. The zero-order chi connectivity index (χ0) is 16.8. The van der Waals surface area contributed by atoms with Crippen LogP contribution in [0.25, 0.3) is 11.0 Å². The minimum Gasteiger partial charge on any atom is -0.469 e. The third-order valence-electron chi connectivity index (χ3n) is 5.32. The number of methoxy groups -OCH3 is 1. The van der Waals surface area contributed by atoms with Gasteiger partial charge in [0.2, 0.25) is 0 Å². The van der Waals surface area contributed by atoms with E-state index >= 15 is 0 Å². The van der Waals surface area contributed by atoms with Crippen LogP contribution in [-0.4, -0.2) is 26.2 Å². The highest BCUT2D eigenvalue weighted by Crippen LogP contribution is 2.40. The second-order valence-corrected chi connectivity index (χ2v) is 6.68. The largest absolute Gasteiger partial charge is 0.469 e. The molecule has 0 radical (unpaired) electrons. The van der Waals surface area contributed by atoms with Gasteiger partial charge in [-0.2, -0.15) is 0 Å². The second kappa shape index (κ2) is 5.65. The molecule has 3 heterocycles. The highest BCUT2D eigenvalue weighted by Gasteiger charge is 2.28. The van der Waals surface area contributed by atoms with Gasteiger partial charge in [-0.1, -0.05) is 0 Å². The fraction of sp³-hybridized carbons (Fsp3) is 0.474. The van der Waals surface area contributed by atoms with Crippen molar-refractivity contribution >= 4 is 22.6 Å². The van der Waals surface area contributed by atoms with Crippen LogP contribution in [-0.2, 0) is 28.8 Å². The van der Waals surface area contributed by atoms with Gasteiger partial charge in [-0.3, -0.25) is 4.79 Å². The Morgan fingerprint density at radius 1 is 1.29 bits per heavy atom. The number of fused-ring (bicyclic) bond motifs is 2. The molecule has 2 aromatic rings. The van der Waals surface area contributed by atoms with E-state index in [2.05, 4.69) is 11.0 Å². The van der Waals surface area contributed by atoms with E-state index in [4.69, 9.17) is 9.15 Å². The lowest BCUT2D eigenvalue weighted by molar-refractivity contribution is -0.139. The molecule has 0 bridgehead atoms. The van der Waals surface area contributed by atoms with E-state index in [1.54, 1.807) is 0 Å².